The number of piperidine rings is 2. The van der Waals surface area contributed by atoms with Gasteiger partial charge in [-0.15, -0.1) is 0 Å². The number of hydrogen-bond donors (Lipinski definition) is 2. The smallest absolute Gasteiger partial charge is 0.410 e. The van der Waals surface area contributed by atoms with Gasteiger partial charge in [-0.3, -0.25) is 0 Å². The molecular weight excluding hydrogens is 398 g/mol. The van der Waals surface area contributed by atoms with E-state index in [4.69, 9.17) is 20.9 Å². The van der Waals surface area contributed by atoms with Gasteiger partial charge in [-0.1, -0.05) is 0 Å². The number of likely N-dealkylation sites (tertiary alicyclic amines) is 2. The summed E-state index contributed by atoms with van der Waals surface area (Å²) in [7, 11) is 0. The molecule has 8 nitrogen and oxygen atoms in total. The van der Waals surface area contributed by atoms with Gasteiger partial charge in [0.15, 0.2) is 0 Å². The third kappa shape index (κ3) is 9.42. The SMILES string of the molecule is CC(C)(C)OC(=O)N1CCC(N)C(F)C1.CC(C)(C)OC(=O)N1CCC(N)C(F)C1. The molecule has 4 N–H and O–H groups in total. The van der Waals surface area contributed by atoms with Crippen molar-refractivity contribution in [2.45, 2.75) is 90.0 Å². The van der Waals surface area contributed by atoms with Gasteiger partial charge in [0.2, 0.25) is 0 Å². The van der Waals surface area contributed by atoms with E-state index in [2.05, 4.69) is 0 Å². The summed E-state index contributed by atoms with van der Waals surface area (Å²) >= 11 is 0. The molecule has 0 spiro atoms. The Morgan fingerprint density at radius 3 is 1.30 bits per heavy atom. The molecule has 2 aliphatic heterocycles. The van der Waals surface area contributed by atoms with Crippen molar-refractivity contribution in [2.75, 3.05) is 26.2 Å². The predicted molar refractivity (Wildman–Crippen MR) is 111 cm³/mol. The molecule has 2 aliphatic rings. The van der Waals surface area contributed by atoms with Gasteiger partial charge in [0, 0.05) is 25.2 Å². The zero-order valence-corrected chi connectivity index (χ0v) is 19.0. The molecule has 0 aromatic rings. The lowest BCUT2D eigenvalue weighted by atomic mass is 10.0. The van der Waals surface area contributed by atoms with Crippen molar-refractivity contribution >= 4 is 12.2 Å². The third-order valence-corrected chi connectivity index (χ3v) is 4.49. The van der Waals surface area contributed by atoms with Crippen molar-refractivity contribution < 1.29 is 27.8 Å². The standard InChI is InChI=1S/2C10H19FN2O2/c2*1-10(2,3)15-9(14)13-5-4-8(12)7(11)6-13/h2*7-8H,4-6,12H2,1-3H3. The van der Waals surface area contributed by atoms with Gasteiger partial charge in [0.25, 0.3) is 0 Å². The average molecular weight is 437 g/mol. The third-order valence-electron chi connectivity index (χ3n) is 4.49. The van der Waals surface area contributed by atoms with E-state index in [0.29, 0.717) is 25.9 Å². The minimum atomic E-state index is -1.15. The van der Waals surface area contributed by atoms with E-state index in [0.717, 1.165) is 0 Å². The van der Waals surface area contributed by atoms with Crippen LogP contribution < -0.4 is 11.5 Å². The quantitative estimate of drug-likeness (QED) is 0.604. The first-order chi connectivity index (χ1) is 13.6. The number of carbonyl (C=O) groups is 2. The monoisotopic (exact) mass is 436 g/mol. The number of nitrogens with two attached hydrogens (primary N) is 2. The number of rotatable bonds is 0. The summed E-state index contributed by atoms with van der Waals surface area (Å²) in [6, 6.07) is -0.910. The second kappa shape index (κ2) is 10.6. The van der Waals surface area contributed by atoms with Crippen molar-refractivity contribution in [3.8, 4) is 0 Å². The summed E-state index contributed by atoms with van der Waals surface area (Å²) in [6.45, 7) is 11.7. The summed E-state index contributed by atoms with van der Waals surface area (Å²) < 4.78 is 36.8. The van der Waals surface area contributed by atoms with Crippen LogP contribution in [0.5, 0.6) is 0 Å². The first-order valence-electron chi connectivity index (χ1n) is 10.3. The summed E-state index contributed by atoms with van der Waals surface area (Å²) in [6.07, 6.45) is -2.24. The van der Waals surface area contributed by atoms with Crippen LogP contribution in [0, 0.1) is 0 Å². The van der Waals surface area contributed by atoms with Crippen LogP contribution in [-0.2, 0) is 9.47 Å². The molecule has 0 radical (unpaired) electrons. The number of alkyl halides is 2. The van der Waals surface area contributed by atoms with Crippen molar-refractivity contribution in [3.63, 3.8) is 0 Å². The fourth-order valence-electron chi connectivity index (χ4n) is 2.83. The Balaban J connectivity index is 0.000000300. The minimum Gasteiger partial charge on any atom is -0.444 e. The van der Waals surface area contributed by atoms with E-state index < -0.39 is 47.8 Å². The van der Waals surface area contributed by atoms with E-state index in [1.54, 1.807) is 41.5 Å². The molecule has 2 saturated heterocycles. The topological polar surface area (TPSA) is 111 Å². The van der Waals surface area contributed by atoms with Gasteiger partial charge in [-0.25, -0.2) is 18.4 Å². The van der Waals surface area contributed by atoms with Crippen molar-refractivity contribution in [3.05, 3.63) is 0 Å². The Kier molecular flexibility index (Phi) is 9.28. The maximum Gasteiger partial charge on any atom is 0.410 e. The van der Waals surface area contributed by atoms with Crippen LogP contribution in [0.2, 0.25) is 0 Å². The van der Waals surface area contributed by atoms with Crippen LogP contribution in [0.25, 0.3) is 0 Å². The lowest BCUT2D eigenvalue weighted by Gasteiger charge is -2.34. The molecule has 2 heterocycles. The highest BCUT2D eigenvalue weighted by atomic mass is 19.1. The molecule has 0 saturated carbocycles. The Labute approximate surface area is 178 Å². The molecule has 176 valence electrons. The molecule has 2 rings (SSSR count). The van der Waals surface area contributed by atoms with Gasteiger partial charge < -0.3 is 30.7 Å². The van der Waals surface area contributed by atoms with E-state index in [1.165, 1.54) is 9.80 Å². The summed E-state index contributed by atoms with van der Waals surface area (Å²) in [4.78, 5) is 25.9. The van der Waals surface area contributed by atoms with Crippen molar-refractivity contribution in [1.82, 2.24) is 9.80 Å². The van der Waals surface area contributed by atoms with Gasteiger partial charge >= 0.3 is 12.2 Å². The molecule has 0 aromatic carbocycles. The van der Waals surface area contributed by atoms with Crippen LogP contribution in [0.4, 0.5) is 18.4 Å². The van der Waals surface area contributed by atoms with E-state index >= 15 is 0 Å². The molecule has 2 amide bonds. The number of carbonyl (C=O) groups excluding carboxylic acids is 2. The fraction of sp³-hybridized carbons (Fsp3) is 0.900. The highest BCUT2D eigenvalue weighted by Crippen LogP contribution is 2.17. The zero-order valence-electron chi connectivity index (χ0n) is 19.0. The second-order valence-electron chi connectivity index (χ2n) is 9.79. The Morgan fingerprint density at radius 1 is 0.767 bits per heavy atom. The number of nitrogens with zero attached hydrogens (tertiary/aromatic N) is 2. The van der Waals surface area contributed by atoms with Crippen LogP contribution in [0.3, 0.4) is 0 Å². The van der Waals surface area contributed by atoms with Gasteiger partial charge in [-0.2, -0.15) is 0 Å². The largest absolute Gasteiger partial charge is 0.444 e. The lowest BCUT2D eigenvalue weighted by Crippen LogP contribution is -2.51. The molecule has 0 aromatic heterocycles. The first-order valence-corrected chi connectivity index (χ1v) is 10.3. The number of ether oxygens (including phenoxy) is 2. The Morgan fingerprint density at radius 2 is 1.07 bits per heavy atom. The van der Waals surface area contributed by atoms with Crippen LogP contribution in [0.1, 0.15) is 54.4 Å². The number of amides is 2. The predicted octanol–water partition coefficient (Wildman–Crippen LogP) is 2.59. The molecule has 0 aliphatic carbocycles. The summed E-state index contributed by atoms with van der Waals surface area (Å²) in [5, 5.41) is 0. The average Bonchev–Trinajstić information content (AvgIpc) is 2.57. The fourth-order valence-corrected chi connectivity index (χ4v) is 2.83. The van der Waals surface area contributed by atoms with Crippen LogP contribution in [0.15, 0.2) is 0 Å². The van der Waals surface area contributed by atoms with E-state index in [-0.39, 0.29) is 13.1 Å². The van der Waals surface area contributed by atoms with Gasteiger partial charge in [0.05, 0.1) is 13.1 Å². The molecular formula is C20H38F2N4O4. The van der Waals surface area contributed by atoms with E-state index in [1.807, 2.05) is 0 Å². The summed E-state index contributed by atoms with van der Waals surface area (Å²) in [5.74, 6) is 0. The highest BCUT2D eigenvalue weighted by Gasteiger charge is 2.32. The van der Waals surface area contributed by atoms with Crippen molar-refractivity contribution in [2.24, 2.45) is 11.5 Å². The maximum absolute atomic E-state index is 13.2. The Bertz CT molecular complexity index is 530. The van der Waals surface area contributed by atoms with Crippen LogP contribution in [-0.4, -0.2) is 83.8 Å². The summed E-state index contributed by atoms with van der Waals surface area (Å²) in [5.41, 5.74) is 9.95. The maximum atomic E-state index is 13.2. The lowest BCUT2D eigenvalue weighted by molar-refractivity contribution is 0.0108. The molecule has 10 heteroatoms. The zero-order chi connectivity index (χ0) is 23.3. The van der Waals surface area contributed by atoms with Gasteiger partial charge in [-0.05, 0) is 54.4 Å². The minimum absolute atomic E-state index is 0.0378. The van der Waals surface area contributed by atoms with Crippen LogP contribution >= 0.6 is 0 Å². The Hall–Kier alpha value is -1.68. The molecule has 2 fully saturated rings. The normalized spacial score (nSPS) is 27.7. The molecule has 30 heavy (non-hydrogen) atoms. The van der Waals surface area contributed by atoms with Gasteiger partial charge in [0.1, 0.15) is 23.5 Å². The van der Waals surface area contributed by atoms with E-state index in [9.17, 15) is 18.4 Å². The molecule has 0 bridgehead atoms. The highest BCUT2D eigenvalue weighted by molar-refractivity contribution is 5.68. The second-order valence-corrected chi connectivity index (χ2v) is 9.79. The molecule has 4 unspecified atom stereocenters. The number of hydrogen-bond acceptors (Lipinski definition) is 6. The molecule has 4 atom stereocenters. The number of halogens is 2. The van der Waals surface area contributed by atoms with Crippen molar-refractivity contribution in [1.29, 1.82) is 0 Å². The first kappa shape index (κ1) is 26.4.